The van der Waals surface area contributed by atoms with E-state index < -0.39 is 6.10 Å². The van der Waals surface area contributed by atoms with Gasteiger partial charge in [-0.15, -0.1) is 0 Å². The van der Waals surface area contributed by atoms with Gasteiger partial charge in [0, 0.05) is 44.3 Å². The van der Waals surface area contributed by atoms with Crippen LogP contribution in [0.3, 0.4) is 0 Å². The Morgan fingerprint density at radius 1 is 1.26 bits per heavy atom. The van der Waals surface area contributed by atoms with Crippen LogP contribution in [-0.2, 0) is 4.79 Å². The molecule has 1 aliphatic heterocycles. The Balaban J connectivity index is 1.64. The molecule has 152 valence electrons. The molecular formula is C19H29Cl2N3O3. The maximum Gasteiger partial charge on any atom is 0.234 e. The number of rotatable bonds is 10. The number of aliphatic hydroxyl groups is 1. The Labute approximate surface area is 171 Å². The third-order valence-electron chi connectivity index (χ3n) is 4.48. The van der Waals surface area contributed by atoms with Crippen molar-refractivity contribution in [3.05, 3.63) is 28.2 Å². The molecule has 1 amide bonds. The number of amides is 1. The average Bonchev–Trinajstić information content (AvgIpc) is 2.63. The third-order valence-corrected chi connectivity index (χ3v) is 5.01. The molecule has 1 aromatic carbocycles. The van der Waals surface area contributed by atoms with Crippen LogP contribution >= 0.6 is 23.2 Å². The molecule has 1 aromatic rings. The lowest BCUT2D eigenvalue weighted by atomic mass is 10.2. The lowest BCUT2D eigenvalue weighted by Gasteiger charge is -2.35. The van der Waals surface area contributed by atoms with E-state index in [-0.39, 0.29) is 12.5 Å². The van der Waals surface area contributed by atoms with Crippen molar-refractivity contribution in [2.45, 2.75) is 25.9 Å². The number of β-amino-alcohol motifs (C(OH)–C–C–N with tert-alkyl or cyclic N) is 1. The summed E-state index contributed by atoms with van der Waals surface area (Å²) in [7, 11) is 0. The number of benzene rings is 1. The van der Waals surface area contributed by atoms with Gasteiger partial charge in [0.2, 0.25) is 5.91 Å². The number of hydrogen-bond donors (Lipinski definition) is 2. The van der Waals surface area contributed by atoms with Gasteiger partial charge in [-0.05, 0) is 24.6 Å². The number of carbonyl (C=O) groups excluding carboxylic acids is 1. The van der Waals surface area contributed by atoms with E-state index in [0.29, 0.717) is 28.9 Å². The topological polar surface area (TPSA) is 65.0 Å². The number of unbranched alkanes of at least 4 members (excludes halogenated alkanes) is 1. The van der Waals surface area contributed by atoms with Crippen LogP contribution in [0, 0.1) is 0 Å². The molecule has 1 unspecified atom stereocenters. The Morgan fingerprint density at radius 2 is 1.96 bits per heavy atom. The maximum absolute atomic E-state index is 11.9. The van der Waals surface area contributed by atoms with E-state index in [1.807, 2.05) is 0 Å². The van der Waals surface area contributed by atoms with Gasteiger partial charge in [-0.25, -0.2) is 0 Å². The van der Waals surface area contributed by atoms with E-state index in [9.17, 15) is 9.90 Å². The fourth-order valence-electron chi connectivity index (χ4n) is 2.92. The van der Waals surface area contributed by atoms with Gasteiger partial charge in [0.15, 0.2) is 0 Å². The van der Waals surface area contributed by atoms with Gasteiger partial charge in [0.05, 0.1) is 11.6 Å². The molecule has 6 nitrogen and oxygen atoms in total. The first-order chi connectivity index (χ1) is 13.0. The summed E-state index contributed by atoms with van der Waals surface area (Å²) in [6, 6.07) is 5.01. The van der Waals surface area contributed by atoms with Crippen molar-refractivity contribution in [1.82, 2.24) is 15.1 Å². The lowest BCUT2D eigenvalue weighted by molar-refractivity contribution is -0.122. The van der Waals surface area contributed by atoms with Gasteiger partial charge in [-0.3, -0.25) is 14.6 Å². The summed E-state index contributed by atoms with van der Waals surface area (Å²) >= 11 is 11.9. The SMILES string of the molecule is CCCCNC(=O)CN1CCN(CC(O)COc2ccc(Cl)cc2Cl)CC1. The van der Waals surface area contributed by atoms with Crippen LogP contribution < -0.4 is 10.1 Å². The second-order valence-electron chi connectivity index (χ2n) is 6.82. The summed E-state index contributed by atoms with van der Waals surface area (Å²) in [5, 5.41) is 14.1. The molecule has 0 bridgehead atoms. The Morgan fingerprint density at radius 3 is 2.63 bits per heavy atom. The molecule has 27 heavy (non-hydrogen) atoms. The van der Waals surface area contributed by atoms with Crippen molar-refractivity contribution < 1.29 is 14.6 Å². The van der Waals surface area contributed by atoms with E-state index in [2.05, 4.69) is 22.0 Å². The van der Waals surface area contributed by atoms with Gasteiger partial charge < -0.3 is 15.2 Å². The molecule has 0 aromatic heterocycles. The van der Waals surface area contributed by atoms with Crippen LogP contribution in [-0.4, -0.2) is 79.3 Å². The van der Waals surface area contributed by atoms with E-state index in [1.54, 1.807) is 18.2 Å². The molecule has 1 aliphatic rings. The van der Waals surface area contributed by atoms with Crippen molar-refractivity contribution in [2.24, 2.45) is 0 Å². The molecule has 0 radical (unpaired) electrons. The molecule has 0 spiro atoms. The van der Waals surface area contributed by atoms with E-state index in [4.69, 9.17) is 27.9 Å². The molecule has 8 heteroatoms. The number of hydrogen-bond acceptors (Lipinski definition) is 5. The summed E-state index contributed by atoms with van der Waals surface area (Å²) in [4.78, 5) is 16.2. The van der Waals surface area contributed by atoms with Crippen LogP contribution in [0.4, 0.5) is 0 Å². The molecule has 2 N–H and O–H groups in total. The molecule has 0 aliphatic carbocycles. The van der Waals surface area contributed by atoms with Crippen LogP contribution in [0.15, 0.2) is 18.2 Å². The minimum Gasteiger partial charge on any atom is -0.489 e. The minimum atomic E-state index is -0.611. The van der Waals surface area contributed by atoms with Crippen molar-refractivity contribution in [3.63, 3.8) is 0 Å². The van der Waals surface area contributed by atoms with Gasteiger partial charge in [0.1, 0.15) is 18.5 Å². The highest BCUT2D eigenvalue weighted by molar-refractivity contribution is 6.35. The summed E-state index contributed by atoms with van der Waals surface area (Å²) in [6.07, 6.45) is 1.48. The first kappa shape index (κ1) is 22.2. The Hall–Kier alpha value is -1.05. The van der Waals surface area contributed by atoms with Crippen LogP contribution in [0.1, 0.15) is 19.8 Å². The van der Waals surface area contributed by atoms with Crippen molar-refractivity contribution in [1.29, 1.82) is 0 Å². The third kappa shape index (κ3) is 8.23. The largest absolute Gasteiger partial charge is 0.489 e. The van der Waals surface area contributed by atoms with Crippen molar-refractivity contribution >= 4 is 29.1 Å². The molecule has 2 rings (SSSR count). The second-order valence-corrected chi connectivity index (χ2v) is 7.66. The normalized spacial score (nSPS) is 16.9. The van der Waals surface area contributed by atoms with Gasteiger partial charge in [-0.2, -0.15) is 0 Å². The van der Waals surface area contributed by atoms with Gasteiger partial charge >= 0.3 is 0 Å². The highest BCUT2D eigenvalue weighted by Crippen LogP contribution is 2.27. The number of piperazine rings is 1. The number of nitrogens with zero attached hydrogens (tertiary/aromatic N) is 2. The Kier molecular flexibility index (Phi) is 9.65. The second kappa shape index (κ2) is 11.7. The number of halogens is 2. The summed E-state index contributed by atoms with van der Waals surface area (Å²) in [5.41, 5.74) is 0. The quantitative estimate of drug-likeness (QED) is 0.571. The lowest BCUT2D eigenvalue weighted by Crippen LogP contribution is -2.51. The van der Waals surface area contributed by atoms with Crippen LogP contribution in [0.2, 0.25) is 10.0 Å². The highest BCUT2D eigenvalue weighted by atomic mass is 35.5. The standard InChI is InChI=1S/C19H29Cl2N3O3/c1-2-3-6-22-19(26)13-24-9-7-23(8-10-24)12-16(25)14-27-18-5-4-15(20)11-17(18)21/h4-5,11,16,25H,2-3,6-10,12-14H2,1H3,(H,22,26). The molecule has 0 saturated carbocycles. The fourth-order valence-corrected chi connectivity index (χ4v) is 3.39. The maximum atomic E-state index is 11.9. The molecule has 1 heterocycles. The number of aliphatic hydroxyl groups excluding tert-OH is 1. The predicted molar refractivity (Wildman–Crippen MR) is 109 cm³/mol. The summed E-state index contributed by atoms with van der Waals surface area (Å²) in [5.74, 6) is 0.601. The minimum absolute atomic E-state index is 0.0881. The first-order valence-electron chi connectivity index (χ1n) is 9.45. The number of ether oxygens (including phenoxy) is 1. The molecule has 1 saturated heterocycles. The summed E-state index contributed by atoms with van der Waals surface area (Å²) in [6.45, 7) is 7.27. The van der Waals surface area contributed by atoms with Gasteiger partial charge in [0.25, 0.3) is 0 Å². The predicted octanol–water partition coefficient (Wildman–Crippen LogP) is 2.27. The van der Waals surface area contributed by atoms with E-state index >= 15 is 0 Å². The Bertz CT molecular complexity index is 596. The zero-order chi connectivity index (χ0) is 19.6. The monoisotopic (exact) mass is 417 g/mol. The molecular weight excluding hydrogens is 389 g/mol. The van der Waals surface area contributed by atoms with E-state index in [0.717, 1.165) is 45.6 Å². The smallest absolute Gasteiger partial charge is 0.234 e. The van der Waals surface area contributed by atoms with Crippen molar-refractivity contribution in [3.8, 4) is 5.75 Å². The van der Waals surface area contributed by atoms with E-state index in [1.165, 1.54) is 0 Å². The van der Waals surface area contributed by atoms with Crippen molar-refractivity contribution in [2.75, 3.05) is 52.4 Å². The van der Waals surface area contributed by atoms with Gasteiger partial charge in [-0.1, -0.05) is 36.5 Å². The highest BCUT2D eigenvalue weighted by Gasteiger charge is 2.21. The zero-order valence-corrected chi connectivity index (χ0v) is 17.3. The number of carbonyl (C=O) groups is 1. The molecule has 1 fully saturated rings. The number of nitrogens with one attached hydrogen (secondary N) is 1. The fraction of sp³-hybridized carbons (Fsp3) is 0.632. The van der Waals surface area contributed by atoms with Crippen LogP contribution in [0.5, 0.6) is 5.75 Å². The molecule has 1 atom stereocenters. The first-order valence-corrected chi connectivity index (χ1v) is 10.2. The van der Waals surface area contributed by atoms with Crippen LogP contribution in [0.25, 0.3) is 0 Å². The zero-order valence-electron chi connectivity index (χ0n) is 15.8. The average molecular weight is 418 g/mol. The summed E-state index contributed by atoms with van der Waals surface area (Å²) < 4.78 is 5.58.